The van der Waals surface area contributed by atoms with E-state index in [1.165, 1.54) is 12.1 Å². The van der Waals surface area contributed by atoms with Gasteiger partial charge >= 0.3 is 0 Å². The van der Waals surface area contributed by atoms with Gasteiger partial charge in [0.15, 0.2) is 5.65 Å². The van der Waals surface area contributed by atoms with Crippen LogP contribution >= 0.6 is 0 Å². The molecule has 0 saturated carbocycles. The second kappa shape index (κ2) is 7.71. The Kier molecular flexibility index (Phi) is 4.79. The van der Waals surface area contributed by atoms with Crippen LogP contribution in [0, 0.1) is 16.2 Å². The van der Waals surface area contributed by atoms with Crippen LogP contribution in [0.15, 0.2) is 73.1 Å². The van der Waals surface area contributed by atoms with Crippen molar-refractivity contribution in [1.29, 1.82) is 0 Å². The molecule has 28 heavy (non-hydrogen) atoms. The highest BCUT2D eigenvalue weighted by atomic mass is 16.6. The fourth-order valence-electron chi connectivity index (χ4n) is 2.86. The van der Waals surface area contributed by atoms with Crippen LogP contribution in [0.5, 0.6) is 0 Å². The molecule has 2 aromatic heterocycles. The third-order valence-electron chi connectivity index (χ3n) is 4.22. The highest BCUT2D eigenvalue weighted by molar-refractivity contribution is 5.67. The Morgan fingerprint density at radius 3 is 2.86 bits per heavy atom. The van der Waals surface area contributed by atoms with Crippen LogP contribution in [0.4, 0.5) is 11.4 Å². The van der Waals surface area contributed by atoms with E-state index in [0.717, 1.165) is 22.5 Å². The van der Waals surface area contributed by atoms with E-state index in [0.29, 0.717) is 12.2 Å². The van der Waals surface area contributed by atoms with Crippen molar-refractivity contribution >= 4 is 23.1 Å². The van der Waals surface area contributed by atoms with Crippen molar-refractivity contribution in [2.45, 2.75) is 0 Å². The summed E-state index contributed by atoms with van der Waals surface area (Å²) in [5, 5.41) is 18.3. The maximum Gasteiger partial charge on any atom is 0.269 e. The van der Waals surface area contributed by atoms with Crippen molar-refractivity contribution in [3.63, 3.8) is 0 Å². The summed E-state index contributed by atoms with van der Waals surface area (Å²) in [5.74, 6) is 0. The Labute approximate surface area is 161 Å². The molecule has 2 heterocycles. The van der Waals surface area contributed by atoms with E-state index in [-0.39, 0.29) is 5.69 Å². The maximum absolute atomic E-state index is 10.7. The van der Waals surface area contributed by atoms with E-state index >= 15 is 0 Å². The summed E-state index contributed by atoms with van der Waals surface area (Å²) < 4.78 is 1.76. The van der Waals surface area contributed by atoms with E-state index in [1.807, 2.05) is 36.4 Å². The van der Waals surface area contributed by atoms with Crippen molar-refractivity contribution in [3.8, 4) is 11.3 Å². The molecule has 0 spiro atoms. The van der Waals surface area contributed by atoms with Crippen LogP contribution in [0.3, 0.4) is 0 Å². The molecule has 0 saturated heterocycles. The number of nitro benzene ring substituents is 1. The van der Waals surface area contributed by atoms with Crippen LogP contribution in [-0.4, -0.2) is 26.1 Å². The number of nitro groups is 1. The summed E-state index contributed by atoms with van der Waals surface area (Å²) in [7, 11) is 0. The van der Waals surface area contributed by atoms with Crippen molar-refractivity contribution in [2.24, 2.45) is 0 Å². The fraction of sp³-hybridized carbons (Fsp3) is 0.0476. The van der Waals surface area contributed by atoms with Crippen molar-refractivity contribution in [3.05, 3.63) is 94.8 Å². The van der Waals surface area contributed by atoms with Gasteiger partial charge in [0.1, 0.15) is 0 Å². The molecule has 4 aromatic rings. The smallest absolute Gasteiger partial charge is 0.269 e. The minimum atomic E-state index is -0.403. The average Bonchev–Trinajstić information content (AvgIpc) is 3.21. The molecule has 0 aliphatic rings. The molecule has 7 heteroatoms. The Morgan fingerprint density at radius 1 is 1.18 bits per heavy atom. The lowest BCUT2D eigenvalue weighted by molar-refractivity contribution is -0.384. The van der Waals surface area contributed by atoms with Crippen LogP contribution in [0.2, 0.25) is 0 Å². The summed E-state index contributed by atoms with van der Waals surface area (Å²) >= 11 is 0. The summed E-state index contributed by atoms with van der Waals surface area (Å²) in [6.45, 7) is 0.627. The molecule has 1 N–H and O–H groups in total. The lowest BCUT2D eigenvalue weighted by atomic mass is 10.1. The summed E-state index contributed by atoms with van der Waals surface area (Å²) in [6, 6.07) is 19.4. The zero-order valence-electron chi connectivity index (χ0n) is 14.8. The van der Waals surface area contributed by atoms with Gasteiger partial charge in [0.2, 0.25) is 0 Å². The van der Waals surface area contributed by atoms with Gasteiger partial charge in [-0.3, -0.25) is 10.1 Å². The maximum atomic E-state index is 10.7. The monoisotopic (exact) mass is 370 g/mol. The fourth-order valence-corrected chi connectivity index (χ4v) is 2.86. The predicted octanol–water partition coefficient (Wildman–Crippen LogP) is 4.23. The zero-order valence-corrected chi connectivity index (χ0v) is 14.8. The Balaban J connectivity index is 1.44. The van der Waals surface area contributed by atoms with Crippen LogP contribution in [0.1, 0.15) is 5.56 Å². The topological polar surface area (TPSA) is 85.4 Å². The van der Waals surface area contributed by atoms with Gasteiger partial charge in [-0.15, -0.1) is 0 Å². The molecule has 0 aliphatic heterocycles. The molecule has 0 amide bonds. The summed E-state index contributed by atoms with van der Waals surface area (Å²) in [4.78, 5) is 14.5. The molecule has 2 aromatic carbocycles. The van der Waals surface area contributed by atoms with E-state index in [2.05, 4.69) is 27.5 Å². The second-order valence-electron chi connectivity index (χ2n) is 6.07. The molecule has 1 radical (unpaired) electrons. The third kappa shape index (κ3) is 3.73. The van der Waals surface area contributed by atoms with Crippen LogP contribution in [-0.2, 0) is 0 Å². The van der Waals surface area contributed by atoms with Crippen LogP contribution in [0.25, 0.3) is 23.0 Å². The number of aromatic nitrogens is 3. The number of hydrogen-bond acceptors (Lipinski definition) is 5. The van der Waals surface area contributed by atoms with Gasteiger partial charge in [0, 0.05) is 36.1 Å². The first kappa shape index (κ1) is 17.4. The van der Waals surface area contributed by atoms with Gasteiger partial charge in [-0.05, 0) is 35.9 Å². The van der Waals surface area contributed by atoms with Gasteiger partial charge in [-0.25, -0.2) is 9.50 Å². The SMILES string of the molecule is O=[N+]([O-])c1ccc(/C=C/CNc2cccc(-c3ccnc4[c]cnn34)c2)cc1. The van der Waals surface area contributed by atoms with Gasteiger partial charge < -0.3 is 5.32 Å². The largest absolute Gasteiger partial charge is 0.382 e. The van der Waals surface area contributed by atoms with Gasteiger partial charge in [-0.2, -0.15) is 5.10 Å². The Hall–Kier alpha value is -4.00. The lowest BCUT2D eigenvalue weighted by Crippen LogP contribution is -1.99. The standard InChI is InChI=1S/C21H16N5O2/c27-26(28)19-8-6-16(7-9-19)3-2-12-22-18-5-1-4-17(15-18)20-10-13-23-21-11-14-24-25(20)21/h1-10,13-15,22H,12H2/b3-2+. The predicted molar refractivity (Wildman–Crippen MR) is 108 cm³/mol. The van der Waals surface area contributed by atoms with Crippen molar-refractivity contribution in [1.82, 2.24) is 14.6 Å². The third-order valence-corrected chi connectivity index (χ3v) is 4.22. The number of anilines is 1. The van der Waals surface area contributed by atoms with E-state index in [9.17, 15) is 10.1 Å². The van der Waals surface area contributed by atoms with Crippen molar-refractivity contribution < 1.29 is 4.92 Å². The van der Waals surface area contributed by atoms with Gasteiger partial charge in [0.05, 0.1) is 22.9 Å². The first-order valence-corrected chi connectivity index (χ1v) is 8.66. The van der Waals surface area contributed by atoms with Gasteiger partial charge in [-0.1, -0.05) is 24.3 Å². The highest BCUT2D eigenvalue weighted by Gasteiger charge is 2.06. The molecule has 0 fully saturated rings. The quantitative estimate of drug-likeness (QED) is 0.405. The van der Waals surface area contributed by atoms with E-state index in [1.54, 1.807) is 29.0 Å². The number of nitrogens with one attached hydrogen (secondary N) is 1. The normalized spacial score (nSPS) is 11.1. The second-order valence-corrected chi connectivity index (χ2v) is 6.07. The average molecular weight is 370 g/mol. The molecule has 0 aliphatic carbocycles. The Morgan fingerprint density at radius 2 is 2.04 bits per heavy atom. The molecule has 4 rings (SSSR count). The minimum absolute atomic E-state index is 0.0899. The lowest BCUT2D eigenvalue weighted by Gasteiger charge is -2.08. The number of fused-ring (bicyclic) bond motifs is 1. The highest BCUT2D eigenvalue weighted by Crippen LogP contribution is 2.22. The number of nitrogens with zero attached hydrogens (tertiary/aromatic N) is 4. The molecular weight excluding hydrogens is 354 g/mol. The van der Waals surface area contributed by atoms with E-state index < -0.39 is 4.92 Å². The summed E-state index contributed by atoms with van der Waals surface area (Å²) in [6.07, 6.45) is 7.25. The van der Waals surface area contributed by atoms with E-state index in [4.69, 9.17) is 0 Å². The first-order chi connectivity index (χ1) is 13.7. The molecule has 0 bridgehead atoms. The minimum Gasteiger partial charge on any atom is -0.382 e. The number of rotatable bonds is 6. The first-order valence-electron chi connectivity index (χ1n) is 8.66. The van der Waals surface area contributed by atoms with Gasteiger partial charge in [0.25, 0.3) is 5.69 Å². The number of hydrogen-bond donors (Lipinski definition) is 1. The molecule has 0 unspecified atom stereocenters. The molecule has 7 nitrogen and oxygen atoms in total. The number of non-ortho nitro benzene ring substituents is 1. The van der Waals surface area contributed by atoms with Crippen LogP contribution < -0.4 is 5.32 Å². The van der Waals surface area contributed by atoms with Crippen molar-refractivity contribution in [2.75, 3.05) is 11.9 Å². The zero-order chi connectivity index (χ0) is 19.3. The molecular formula is C21H16N5O2. The molecule has 0 atom stereocenters. The molecule has 137 valence electrons. The number of benzene rings is 2. The summed E-state index contributed by atoms with van der Waals surface area (Å²) in [5.41, 5.74) is 4.63. The Bertz CT molecular complexity index is 1150.